The molecule has 0 aliphatic rings. The summed E-state index contributed by atoms with van der Waals surface area (Å²) in [5.41, 5.74) is 2.80. The summed E-state index contributed by atoms with van der Waals surface area (Å²) in [6.07, 6.45) is 0. The lowest BCUT2D eigenvalue weighted by molar-refractivity contribution is 0.0941. The number of hydrogen-bond acceptors (Lipinski definition) is 4. The Balaban J connectivity index is 1.78. The zero-order valence-corrected chi connectivity index (χ0v) is 19.5. The molecule has 0 fully saturated rings. The van der Waals surface area contributed by atoms with Crippen LogP contribution < -0.4 is 10.1 Å². The Kier molecular flexibility index (Phi) is 7.59. The largest absolute Gasteiger partial charge is 0.496 e. The third kappa shape index (κ3) is 5.21. The summed E-state index contributed by atoms with van der Waals surface area (Å²) in [6.45, 7) is 2.54. The standard InChI is InChI=1S/C23H26Cl2N4O2/c1-15-21(22(25)29(27-15)14-16-9-5-7-11-18(16)24)23(30)26-13-19(28(2)3)17-10-6-8-12-20(17)31-4/h5-12,19H,13-14H2,1-4H3,(H,26,30). The first-order valence-corrected chi connectivity index (χ1v) is 10.6. The molecule has 8 heteroatoms. The van der Waals surface area contributed by atoms with Gasteiger partial charge in [-0.3, -0.25) is 4.79 Å². The highest BCUT2D eigenvalue weighted by Gasteiger charge is 2.24. The molecular formula is C23H26Cl2N4O2. The maximum atomic E-state index is 13.0. The molecule has 1 unspecified atom stereocenters. The van der Waals surface area contributed by atoms with Crippen molar-refractivity contribution < 1.29 is 9.53 Å². The van der Waals surface area contributed by atoms with E-state index in [1.54, 1.807) is 18.7 Å². The van der Waals surface area contributed by atoms with E-state index in [0.29, 0.717) is 29.4 Å². The van der Waals surface area contributed by atoms with Gasteiger partial charge < -0.3 is 15.0 Å². The second-order valence-electron chi connectivity index (χ2n) is 7.43. The fourth-order valence-electron chi connectivity index (χ4n) is 3.49. The van der Waals surface area contributed by atoms with E-state index in [4.69, 9.17) is 27.9 Å². The van der Waals surface area contributed by atoms with Crippen molar-refractivity contribution in [1.29, 1.82) is 0 Å². The summed E-state index contributed by atoms with van der Waals surface area (Å²) in [7, 11) is 5.56. The van der Waals surface area contributed by atoms with Gasteiger partial charge in [0.1, 0.15) is 10.9 Å². The van der Waals surface area contributed by atoms with Crippen molar-refractivity contribution in [1.82, 2.24) is 20.0 Å². The van der Waals surface area contributed by atoms with E-state index < -0.39 is 0 Å². The van der Waals surface area contributed by atoms with Gasteiger partial charge in [-0.1, -0.05) is 59.6 Å². The van der Waals surface area contributed by atoms with Crippen molar-refractivity contribution in [2.75, 3.05) is 27.7 Å². The smallest absolute Gasteiger partial charge is 0.256 e. The zero-order valence-electron chi connectivity index (χ0n) is 18.0. The molecule has 3 aromatic rings. The highest BCUT2D eigenvalue weighted by molar-refractivity contribution is 6.33. The molecule has 1 heterocycles. The molecule has 0 spiro atoms. The fourth-order valence-corrected chi connectivity index (χ4v) is 4.01. The number of methoxy groups -OCH3 is 1. The number of benzene rings is 2. The summed E-state index contributed by atoms with van der Waals surface area (Å²) in [6, 6.07) is 15.2. The van der Waals surface area contributed by atoms with Crippen LogP contribution in [0.15, 0.2) is 48.5 Å². The number of halogens is 2. The quantitative estimate of drug-likeness (QED) is 0.533. The Morgan fingerprint density at radius 3 is 2.52 bits per heavy atom. The Morgan fingerprint density at radius 2 is 1.84 bits per heavy atom. The van der Waals surface area contributed by atoms with Gasteiger partial charge in [-0.05, 0) is 38.7 Å². The van der Waals surface area contributed by atoms with Crippen LogP contribution in [-0.2, 0) is 6.54 Å². The number of carbonyl (C=O) groups is 1. The molecule has 0 saturated carbocycles. The predicted octanol–water partition coefficient (Wildman–Crippen LogP) is 4.59. The van der Waals surface area contributed by atoms with Gasteiger partial charge in [0, 0.05) is 17.1 Å². The Morgan fingerprint density at radius 1 is 1.16 bits per heavy atom. The van der Waals surface area contributed by atoms with Gasteiger partial charge in [-0.2, -0.15) is 5.10 Å². The number of likely N-dealkylation sites (N-methyl/N-ethyl adjacent to an activating group) is 1. The van der Waals surface area contributed by atoms with Crippen molar-refractivity contribution in [3.05, 3.63) is 81.1 Å². The fraction of sp³-hybridized carbons (Fsp3) is 0.304. The van der Waals surface area contributed by atoms with Gasteiger partial charge in [0.05, 0.1) is 31.0 Å². The number of para-hydroxylation sites is 1. The van der Waals surface area contributed by atoms with Gasteiger partial charge in [0.2, 0.25) is 0 Å². The van der Waals surface area contributed by atoms with Crippen molar-refractivity contribution in [3.8, 4) is 5.75 Å². The molecule has 0 aliphatic carbocycles. The number of carbonyl (C=O) groups excluding carboxylic acids is 1. The van der Waals surface area contributed by atoms with E-state index >= 15 is 0 Å². The number of aryl methyl sites for hydroxylation is 1. The number of hydrogen-bond donors (Lipinski definition) is 1. The maximum Gasteiger partial charge on any atom is 0.256 e. The summed E-state index contributed by atoms with van der Waals surface area (Å²) >= 11 is 12.8. The van der Waals surface area contributed by atoms with Crippen LogP contribution in [0.1, 0.15) is 33.2 Å². The lowest BCUT2D eigenvalue weighted by atomic mass is 10.0. The number of rotatable bonds is 8. The third-order valence-corrected chi connectivity index (χ3v) is 5.90. The van der Waals surface area contributed by atoms with E-state index in [0.717, 1.165) is 16.9 Å². The molecule has 0 saturated heterocycles. The molecule has 0 radical (unpaired) electrons. The van der Waals surface area contributed by atoms with E-state index in [1.807, 2.05) is 67.5 Å². The van der Waals surface area contributed by atoms with Gasteiger partial charge >= 0.3 is 0 Å². The van der Waals surface area contributed by atoms with Crippen LogP contribution in [0.4, 0.5) is 0 Å². The number of aromatic nitrogens is 2. The van der Waals surface area contributed by atoms with E-state index in [9.17, 15) is 4.79 Å². The molecule has 0 aliphatic heterocycles. The van der Waals surface area contributed by atoms with E-state index in [-0.39, 0.29) is 17.1 Å². The number of nitrogens with zero attached hydrogens (tertiary/aromatic N) is 3. The molecule has 31 heavy (non-hydrogen) atoms. The Labute approximate surface area is 192 Å². The average molecular weight is 461 g/mol. The maximum absolute atomic E-state index is 13.0. The number of amides is 1. The minimum Gasteiger partial charge on any atom is -0.496 e. The van der Waals surface area contributed by atoms with Crippen molar-refractivity contribution in [2.45, 2.75) is 19.5 Å². The Hall–Kier alpha value is -2.54. The van der Waals surface area contributed by atoms with Crippen LogP contribution in [0.3, 0.4) is 0 Å². The average Bonchev–Trinajstić information content (AvgIpc) is 3.02. The van der Waals surface area contributed by atoms with Crippen molar-refractivity contribution >= 4 is 29.1 Å². The summed E-state index contributed by atoms with van der Waals surface area (Å²) in [5, 5.41) is 8.36. The number of nitrogens with one attached hydrogen (secondary N) is 1. The van der Waals surface area contributed by atoms with Crippen LogP contribution in [0.2, 0.25) is 10.2 Å². The van der Waals surface area contributed by atoms with Gasteiger partial charge in [0.15, 0.2) is 0 Å². The molecule has 1 atom stereocenters. The molecule has 1 aromatic heterocycles. The summed E-state index contributed by atoms with van der Waals surface area (Å²) in [4.78, 5) is 15.0. The van der Waals surface area contributed by atoms with E-state index in [2.05, 4.69) is 10.4 Å². The SMILES string of the molecule is COc1ccccc1C(CNC(=O)c1c(C)nn(Cc2ccccc2Cl)c1Cl)N(C)C. The van der Waals surface area contributed by atoms with Crippen LogP contribution >= 0.6 is 23.2 Å². The monoisotopic (exact) mass is 460 g/mol. The van der Waals surface area contributed by atoms with Crippen LogP contribution in [0.5, 0.6) is 5.75 Å². The van der Waals surface area contributed by atoms with Crippen LogP contribution in [0.25, 0.3) is 0 Å². The van der Waals surface area contributed by atoms with Crippen LogP contribution in [-0.4, -0.2) is 48.3 Å². The third-order valence-electron chi connectivity index (χ3n) is 5.15. The second-order valence-corrected chi connectivity index (χ2v) is 8.20. The van der Waals surface area contributed by atoms with Gasteiger partial charge in [-0.15, -0.1) is 0 Å². The second kappa shape index (κ2) is 10.2. The van der Waals surface area contributed by atoms with Crippen molar-refractivity contribution in [3.63, 3.8) is 0 Å². The first kappa shape index (κ1) is 23.1. The molecule has 1 amide bonds. The molecule has 1 N–H and O–H groups in total. The molecule has 2 aromatic carbocycles. The minimum atomic E-state index is -0.269. The summed E-state index contributed by atoms with van der Waals surface area (Å²) in [5.74, 6) is 0.506. The Bertz CT molecular complexity index is 1070. The summed E-state index contributed by atoms with van der Waals surface area (Å²) < 4.78 is 7.09. The molecule has 164 valence electrons. The molecule has 6 nitrogen and oxygen atoms in total. The molecule has 0 bridgehead atoms. The first-order chi connectivity index (χ1) is 14.8. The molecular weight excluding hydrogens is 435 g/mol. The van der Waals surface area contributed by atoms with Gasteiger partial charge in [-0.25, -0.2) is 4.68 Å². The molecule has 3 rings (SSSR count). The van der Waals surface area contributed by atoms with Crippen molar-refractivity contribution in [2.24, 2.45) is 0 Å². The van der Waals surface area contributed by atoms with Crippen LogP contribution in [0, 0.1) is 6.92 Å². The highest BCUT2D eigenvalue weighted by Crippen LogP contribution is 2.28. The lowest BCUT2D eigenvalue weighted by Gasteiger charge is -2.26. The van der Waals surface area contributed by atoms with E-state index in [1.165, 1.54) is 0 Å². The first-order valence-electron chi connectivity index (χ1n) is 9.87. The predicted molar refractivity (Wildman–Crippen MR) is 124 cm³/mol. The lowest BCUT2D eigenvalue weighted by Crippen LogP contribution is -2.35. The normalized spacial score (nSPS) is 12.1. The topological polar surface area (TPSA) is 59.4 Å². The zero-order chi connectivity index (χ0) is 22.5. The minimum absolute atomic E-state index is 0.0719. The highest BCUT2D eigenvalue weighted by atomic mass is 35.5. The number of ether oxygens (including phenoxy) is 1. The van der Waals surface area contributed by atoms with Gasteiger partial charge in [0.25, 0.3) is 5.91 Å².